The van der Waals surface area contributed by atoms with Crippen molar-refractivity contribution in [2.45, 2.75) is 31.6 Å². The monoisotopic (exact) mass is 246 g/mol. The summed E-state index contributed by atoms with van der Waals surface area (Å²) in [6.07, 6.45) is 3.07. The van der Waals surface area contributed by atoms with Gasteiger partial charge in [0.1, 0.15) is 23.3 Å². The first-order chi connectivity index (χ1) is 8.65. The minimum Gasteiger partial charge on any atom is -0.205 e. The van der Waals surface area contributed by atoms with E-state index in [-0.39, 0.29) is 11.8 Å². The zero-order valence-corrected chi connectivity index (χ0v) is 9.79. The molecule has 1 saturated carbocycles. The van der Waals surface area contributed by atoms with E-state index < -0.39 is 17.2 Å². The quantitative estimate of drug-likeness (QED) is 0.759. The second kappa shape index (κ2) is 5.14. The minimum absolute atomic E-state index is 0.0642. The lowest BCUT2D eigenvalue weighted by Crippen LogP contribution is -2.12. The van der Waals surface area contributed by atoms with E-state index in [9.17, 15) is 8.78 Å². The highest BCUT2D eigenvalue weighted by Gasteiger charge is 2.23. The number of hydrogen-bond donors (Lipinski definition) is 0. The van der Waals surface area contributed by atoms with Crippen LogP contribution in [0.2, 0.25) is 0 Å². The Kier molecular flexibility index (Phi) is 3.58. The van der Waals surface area contributed by atoms with Gasteiger partial charge in [0, 0.05) is 5.92 Å². The number of nitriles is 2. The van der Waals surface area contributed by atoms with Gasteiger partial charge in [-0.1, -0.05) is 0 Å². The van der Waals surface area contributed by atoms with Crippen LogP contribution in [0.5, 0.6) is 0 Å². The summed E-state index contributed by atoms with van der Waals surface area (Å²) < 4.78 is 27.0. The van der Waals surface area contributed by atoms with Gasteiger partial charge in [-0.25, -0.2) is 8.78 Å². The Labute approximate surface area is 104 Å². The fraction of sp³-hybridized carbons (Fsp3) is 0.429. The first kappa shape index (κ1) is 12.5. The van der Waals surface area contributed by atoms with E-state index in [1.165, 1.54) is 18.2 Å². The fourth-order valence-corrected chi connectivity index (χ4v) is 2.49. The molecule has 18 heavy (non-hydrogen) atoms. The third-order valence-electron chi connectivity index (χ3n) is 3.56. The molecule has 4 heteroatoms. The molecule has 2 nitrogen and oxygen atoms in total. The Morgan fingerprint density at radius 3 is 2.00 bits per heavy atom. The number of benzene rings is 1. The molecule has 0 spiro atoms. The molecule has 1 fully saturated rings. The van der Waals surface area contributed by atoms with Gasteiger partial charge in [0.05, 0.1) is 6.07 Å². The molecule has 0 heterocycles. The lowest BCUT2D eigenvalue weighted by molar-refractivity contribution is 0.380. The van der Waals surface area contributed by atoms with Crippen molar-refractivity contribution in [2.75, 3.05) is 0 Å². The van der Waals surface area contributed by atoms with Crippen LogP contribution in [-0.2, 0) is 0 Å². The molecule has 0 amide bonds. The lowest BCUT2D eigenvalue weighted by Gasteiger charge is -2.25. The Morgan fingerprint density at radius 2 is 1.56 bits per heavy atom. The highest BCUT2D eigenvalue weighted by atomic mass is 19.1. The number of hydrogen-bond acceptors (Lipinski definition) is 2. The van der Waals surface area contributed by atoms with E-state index in [4.69, 9.17) is 10.5 Å². The fourth-order valence-electron chi connectivity index (χ4n) is 2.49. The SMILES string of the molecule is N#Cc1c(F)cc(C2CCC(C#N)CC2)cc1F. The van der Waals surface area contributed by atoms with Crippen molar-refractivity contribution in [3.8, 4) is 12.1 Å². The van der Waals surface area contributed by atoms with Crippen LogP contribution < -0.4 is 0 Å². The molecule has 1 aliphatic rings. The minimum atomic E-state index is -0.796. The molecule has 0 aliphatic heterocycles. The molecule has 0 saturated heterocycles. The van der Waals surface area contributed by atoms with Gasteiger partial charge >= 0.3 is 0 Å². The Hall–Kier alpha value is -1.94. The first-order valence-corrected chi connectivity index (χ1v) is 5.94. The van der Waals surface area contributed by atoms with Crippen LogP contribution in [-0.4, -0.2) is 0 Å². The second-order valence-corrected chi connectivity index (χ2v) is 4.65. The van der Waals surface area contributed by atoms with Gasteiger partial charge in [0.2, 0.25) is 0 Å². The molecular weight excluding hydrogens is 234 g/mol. The predicted octanol–water partition coefficient (Wildman–Crippen LogP) is 3.63. The Morgan fingerprint density at radius 1 is 1.00 bits per heavy atom. The number of nitrogens with zero attached hydrogens (tertiary/aromatic N) is 2. The molecule has 0 aromatic heterocycles. The van der Waals surface area contributed by atoms with Crippen LogP contribution in [0.25, 0.3) is 0 Å². The number of halogens is 2. The number of rotatable bonds is 1. The third-order valence-corrected chi connectivity index (χ3v) is 3.56. The van der Waals surface area contributed by atoms with Crippen LogP contribution >= 0.6 is 0 Å². The van der Waals surface area contributed by atoms with Gasteiger partial charge < -0.3 is 0 Å². The summed E-state index contributed by atoms with van der Waals surface area (Å²) in [7, 11) is 0. The Balaban J connectivity index is 2.21. The summed E-state index contributed by atoms with van der Waals surface area (Å²) in [6, 6.07) is 6.24. The van der Waals surface area contributed by atoms with E-state index in [0.29, 0.717) is 5.56 Å². The van der Waals surface area contributed by atoms with Crippen molar-refractivity contribution in [1.29, 1.82) is 10.5 Å². The van der Waals surface area contributed by atoms with E-state index in [0.717, 1.165) is 25.7 Å². The lowest BCUT2D eigenvalue weighted by atomic mass is 9.79. The molecule has 0 unspecified atom stereocenters. The van der Waals surface area contributed by atoms with Crippen molar-refractivity contribution in [2.24, 2.45) is 5.92 Å². The summed E-state index contributed by atoms with van der Waals surface area (Å²) in [5, 5.41) is 17.4. The molecule has 2 rings (SSSR count). The van der Waals surface area contributed by atoms with Crippen LogP contribution in [0.4, 0.5) is 8.78 Å². The normalized spacial score (nSPS) is 23.1. The van der Waals surface area contributed by atoms with Crippen molar-refractivity contribution in [3.05, 3.63) is 34.9 Å². The van der Waals surface area contributed by atoms with Gasteiger partial charge in [0.25, 0.3) is 0 Å². The zero-order valence-electron chi connectivity index (χ0n) is 9.79. The second-order valence-electron chi connectivity index (χ2n) is 4.65. The molecule has 1 aromatic rings. The van der Waals surface area contributed by atoms with Gasteiger partial charge in [-0.2, -0.15) is 10.5 Å². The Bertz CT molecular complexity index is 509. The topological polar surface area (TPSA) is 47.6 Å². The van der Waals surface area contributed by atoms with E-state index in [1.807, 2.05) is 0 Å². The average molecular weight is 246 g/mol. The maximum atomic E-state index is 13.5. The van der Waals surface area contributed by atoms with E-state index in [1.54, 1.807) is 0 Å². The molecular formula is C14H12F2N2. The van der Waals surface area contributed by atoms with Crippen molar-refractivity contribution in [1.82, 2.24) is 0 Å². The molecule has 0 N–H and O–H groups in total. The molecule has 0 radical (unpaired) electrons. The predicted molar refractivity (Wildman–Crippen MR) is 61.4 cm³/mol. The van der Waals surface area contributed by atoms with E-state index >= 15 is 0 Å². The summed E-state index contributed by atoms with van der Waals surface area (Å²) >= 11 is 0. The van der Waals surface area contributed by atoms with Gasteiger partial charge in [-0.05, 0) is 49.3 Å². The molecule has 1 aliphatic carbocycles. The van der Waals surface area contributed by atoms with Gasteiger partial charge in [-0.15, -0.1) is 0 Å². The van der Waals surface area contributed by atoms with Crippen molar-refractivity contribution >= 4 is 0 Å². The summed E-state index contributed by atoms with van der Waals surface area (Å²) in [4.78, 5) is 0. The standard InChI is InChI=1S/C14H12F2N2/c15-13-5-11(6-14(16)12(13)8-18)10-3-1-9(7-17)2-4-10/h5-6,9-10H,1-4H2. The highest BCUT2D eigenvalue weighted by Crippen LogP contribution is 2.36. The van der Waals surface area contributed by atoms with Gasteiger partial charge in [0.15, 0.2) is 0 Å². The smallest absolute Gasteiger partial charge is 0.144 e. The molecule has 1 aromatic carbocycles. The average Bonchev–Trinajstić information content (AvgIpc) is 2.38. The van der Waals surface area contributed by atoms with Crippen molar-refractivity contribution < 1.29 is 8.78 Å². The summed E-state index contributed by atoms with van der Waals surface area (Å²) in [5.74, 6) is -1.44. The van der Waals surface area contributed by atoms with Gasteiger partial charge in [-0.3, -0.25) is 0 Å². The first-order valence-electron chi connectivity index (χ1n) is 5.94. The maximum Gasteiger partial charge on any atom is 0.144 e. The van der Waals surface area contributed by atoms with Crippen LogP contribution in [0, 0.1) is 40.2 Å². The van der Waals surface area contributed by atoms with Crippen LogP contribution in [0.3, 0.4) is 0 Å². The summed E-state index contributed by atoms with van der Waals surface area (Å²) in [5.41, 5.74) is 0.0739. The largest absolute Gasteiger partial charge is 0.205 e. The third kappa shape index (κ3) is 2.33. The summed E-state index contributed by atoms with van der Waals surface area (Å²) in [6.45, 7) is 0. The molecule has 92 valence electrons. The van der Waals surface area contributed by atoms with E-state index in [2.05, 4.69) is 6.07 Å². The van der Waals surface area contributed by atoms with Crippen molar-refractivity contribution in [3.63, 3.8) is 0 Å². The molecule has 0 atom stereocenters. The molecule has 0 bridgehead atoms. The van der Waals surface area contributed by atoms with Crippen LogP contribution in [0.1, 0.15) is 42.7 Å². The highest BCUT2D eigenvalue weighted by molar-refractivity contribution is 5.36. The zero-order chi connectivity index (χ0) is 13.1. The van der Waals surface area contributed by atoms with Crippen LogP contribution in [0.15, 0.2) is 12.1 Å². The maximum absolute atomic E-state index is 13.5.